The molecule has 0 fully saturated rings. The first-order chi connectivity index (χ1) is 19.5. The number of benzene rings is 4. The van der Waals surface area contributed by atoms with Gasteiger partial charge >= 0.3 is 0 Å². The molecule has 0 saturated carbocycles. The normalized spacial score (nSPS) is 11.1. The zero-order chi connectivity index (χ0) is 27.9. The summed E-state index contributed by atoms with van der Waals surface area (Å²) in [5, 5.41) is 16.5. The van der Waals surface area contributed by atoms with E-state index < -0.39 is 0 Å². The maximum Gasteiger partial charge on any atom is 0.255 e. The van der Waals surface area contributed by atoms with Crippen LogP contribution in [0.3, 0.4) is 0 Å². The SMILES string of the molecule is CCN(CCO)Cc1ccc(NC(=O)c2ccc(Nc3nc(-c4ccccc4)c4ccccc4n3)cc2)c(C)c1. The topological polar surface area (TPSA) is 90.4 Å². The summed E-state index contributed by atoms with van der Waals surface area (Å²) in [5.74, 6) is 0.317. The predicted octanol–water partition coefficient (Wildman–Crippen LogP) is 6.42. The summed E-state index contributed by atoms with van der Waals surface area (Å²) in [6.07, 6.45) is 0. The molecular formula is C33H33N5O2. The number of hydrogen-bond donors (Lipinski definition) is 3. The number of aliphatic hydroxyl groups excluding tert-OH is 1. The molecule has 0 unspecified atom stereocenters. The van der Waals surface area contributed by atoms with E-state index in [1.165, 1.54) is 0 Å². The van der Waals surface area contributed by atoms with Crippen molar-refractivity contribution in [3.63, 3.8) is 0 Å². The first kappa shape index (κ1) is 27.0. The van der Waals surface area contributed by atoms with Crippen molar-refractivity contribution in [2.24, 2.45) is 0 Å². The lowest BCUT2D eigenvalue weighted by molar-refractivity contribution is 0.102. The fourth-order valence-electron chi connectivity index (χ4n) is 4.69. The number of carbonyl (C=O) groups is 1. The van der Waals surface area contributed by atoms with Crippen LogP contribution in [0.4, 0.5) is 17.3 Å². The van der Waals surface area contributed by atoms with Gasteiger partial charge in [0.2, 0.25) is 5.95 Å². The second-order valence-corrected chi connectivity index (χ2v) is 9.68. The fourth-order valence-corrected chi connectivity index (χ4v) is 4.69. The second-order valence-electron chi connectivity index (χ2n) is 9.68. The molecule has 7 nitrogen and oxygen atoms in total. The lowest BCUT2D eigenvalue weighted by Gasteiger charge is -2.20. The molecule has 4 aromatic carbocycles. The van der Waals surface area contributed by atoms with E-state index in [4.69, 9.17) is 9.97 Å². The molecule has 1 amide bonds. The van der Waals surface area contributed by atoms with E-state index in [2.05, 4.69) is 28.5 Å². The summed E-state index contributed by atoms with van der Waals surface area (Å²) in [5.41, 5.74) is 6.99. The summed E-state index contributed by atoms with van der Waals surface area (Å²) in [6, 6.07) is 31.3. The van der Waals surface area contributed by atoms with Crippen molar-refractivity contribution >= 4 is 34.1 Å². The van der Waals surface area contributed by atoms with E-state index in [0.717, 1.165) is 57.8 Å². The van der Waals surface area contributed by atoms with E-state index >= 15 is 0 Å². The van der Waals surface area contributed by atoms with E-state index in [9.17, 15) is 9.90 Å². The number of fused-ring (bicyclic) bond motifs is 1. The van der Waals surface area contributed by atoms with Gasteiger partial charge < -0.3 is 15.7 Å². The van der Waals surface area contributed by atoms with Crippen molar-refractivity contribution in [1.29, 1.82) is 0 Å². The van der Waals surface area contributed by atoms with E-state index in [0.29, 0.717) is 18.1 Å². The number of nitrogens with zero attached hydrogens (tertiary/aromatic N) is 3. The third-order valence-electron chi connectivity index (χ3n) is 6.86. The molecule has 40 heavy (non-hydrogen) atoms. The highest BCUT2D eigenvalue weighted by Crippen LogP contribution is 2.28. The number of anilines is 3. The quantitative estimate of drug-likeness (QED) is 0.193. The molecule has 0 spiro atoms. The molecule has 1 heterocycles. The lowest BCUT2D eigenvalue weighted by Crippen LogP contribution is -2.26. The number of para-hydroxylation sites is 1. The van der Waals surface area contributed by atoms with Gasteiger partial charge in [-0.1, -0.05) is 67.6 Å². The number of nitrogens with one attached hydrogen (secondary N) is 2. The lowest BCUT2D eigenvalue weighted by atomic mass is 10.1. The van der Waals surface area contributed by atoms with Crippen molar-refractivity contribution < 1.29 is 9.90 Å². The minimum Gasteiger partial charge on any atom is -0.395 e. The molecule has 7 heteroatoms. The highest BCUT2D eigenvalue weighted by Gasteiger charge is 2.12. The third-order valence-corrected chi connectivity index (χ3v) is 6.86. The van der Waals surface area contributed by atoms with Crippen LogP contribution in [-0.2, 0) is 6.54 Å². The average Bonchev–Trinajstić information content (AvgIpc) is 2.98. The Kier molecular flexibility index (Phi) is 8.44. The number of likely N-dealkylation sites (N-methyl/N-ethyl adjacent to an activating group) is 1. The zero-order valence-electron chi connectivity index (χ0n) is 22.8. The number of rotatable bonds is 10. The first-order valence-electron chi connectivity index (χ1n) is 13.5. The molecule has 0 aliphatic rings. The number of aliphatic hydroxyl groups is 1. The molecule has 0 radical (unpaired) electrons. The number of aromatic nitrogens is 2. The highest BCUT2D eigenvalue weighted by molar-refractivity contribution is 6.04. The number of carbonyl (C=O) groups excluding carboxylic acids is 1. The van der Waals surface area contributed by atoms with Crippen LogP contribution in [0.1, 0.15) is 28.4 Å². The van der Waals surface area contributed by atoms with Crippen molar-refractivity contribution in [3.05, 3.63) is 114 Å². The number of amides is 1. The maximum absolute atomic E-state index is 13.0. The van der Waals surface area contributed by atoms with Gasteiger partial charge in [-0.15, -0.1) is 0 Å². The van der Waals surface area contributed by atoms with Crippen LogP contribution in [-0.4, -0.2) is 45.6 Å². The molecule has 202 valence electrons. The van der Waals surface area contributed by atoms with E-state index in [1.807, 2.05) is 85.8 Å². The largest absolute Gasteiger partial charge is 0.395 e. The summed E-state index contributed by atoms with van der Waals surface area (Å²) in [7, 11) is 0. The van der Waals surface area contributed by atoms with Crippen molar-refractivity contribution in [2.75, 3.05) is 30.3 Å². The maximum atomic E-state index is 13.0. The third kappa shape index (κ3) is 6.34. The van der Waals surface area contributed by atoms with Crippen LogP contribution in [0.2, 0.25) is 0 Å². The standard InChI is InChI=1S/C33H33N5O2/c1-3-38(19-20-39)22-24-13-18-29(23(2)21-24)35-32(40)26-14-16-27(17-15-26)34-33-36-30-12-8-7-11-28(30)31(37-33)25-9-5-4-6-10-25/h4-18,21,39H,3,19-20,22H2,1-2H3,(H,35,40)(H,34,36,37). The van der Waals surface area contributed by atoms with Gasteiger partial charge in [-0.05, 0) is 61.0 Å². The molecule has 0 saturated heterocycles. The number of aryl methyl sites for hydroxylation is 1. The number of hydrogen-bond acceptors (Lipinski definition) is 6. The Morgan fingerprint density at radius 2 is 1.65 bits per heavy atom. The van der Waals surface area contributed by atoms with Crippen LogP contribution in [0.15, 0.2) is 97.1 Å². The minimum atomic E-state index is -0.175. The zero-order valence-corrected chi connectivity index (χ0v) is 22.8. The van der Waals surface area contributed by atoms with Crippen LogP contribution < -0.4 is 10.6 Å². The van der Waals surface area contributed by atoms with E-state index in [-0.39, 0.29) is 12.5 Å². The van der Waals surface area contributed by atoms with Gasteiger partial charge in [-0.25, -0.2) is 9.97 Å². The first-order valence-corrected chi connectivity index (χ1v) is 13.5. The Morgan fingerprint density at radius 1 is 0.900 bits per heavy atom. The molecule has 0 aliphatic heterocycles. The van der Waals surface area contributed by atoms with Crippen LogP contribution in [0.5, 0.6) is 0 Å². The fraction of sp³-hybridized carbons (Fsp3) is 0.182. The van der Waals surface area contributed by atoms with Crippen molar-refractivity contribution in [3.8, 4) is 11.3 Å². The summed E-state index contributed by atoms with van der Waals surface area (Å²) in [6.45, 7) is 6.47. The molecule has 3 N–H and O–H groups in total. The Hall–Kier alpha value is -4.59. The van der Waals surface area contributed by atoms with Crippen LogP contribution in [0.25, 0.3) is 22.2 Å². The van der Waals surface area contributed by atoms with Crippen LogP contribution in [0, 0.1) is 6.92 Å². The monoisotopic (exact) mass is 531 g/mol. The van der Waals surface area contributed by atoms with E-state index in [1.54, 1.807) is 12.1 Å². The Morgan fingerprint density at radius 3 is 2.38 bits per heavy atom. The second kappa shape index (κ2) is 12.5. The smallest absolute Gasteiger partial charge is 0.255 e. The Labute approximate surface area is 234 Å². The van der Waals surface area contributed by atoms with Crippen LogP contribution >= 0.6 is 0 Å². The molecule has 5 rings (SSSR count). The average molecular weight is 532 g/mol. The van der Waals surface area contributed by atoms with Crippen molar-refractivity contribution in [2.45, 2.75) is 20.4 Å². The minimum absolute atomic E-state index is 0.138. The molecule has 0 aliphatic carbocycles. The van der Waals surface area contributed by atoms with Gasteiger partial charge in [-0.2, -0.15) is 0 Å². The molecular weight excluding hydrogens is 498 g/mol. The van der Waals surface area contributed by atoms with Gasteiger partial charge in [-0.3, -0.25) is 9.69 Å². The Bertz CT molecular complexity index is 1600. The highest BCUT2D eigenvalue weighted by atomic mass is 16.3. The van der Waals surface area contributed by atoms with Gasteiger partial charge in [0.15, 0.2) is 0 Å². The van der Waals surface area contributed by atoms with Gasteiger partial charge in [0, 0.05) is 41.0 Å². The van der Waals surface area contributed by atoms with Crippen molar-refractivity contribution in [1.82, 2.24) is 14.9 Å². The summed E-state index contributed by atoms with van der Waals surface area (Å²) in [4.78, 5) is 24.7. The van der Waals surface area contributed by atoms with Gasteiger partial charge in [0.25, 0.3) is 5.91 Å². The molecule has 0 atom stereocenters. The predicted molar refractivity (Wildman–Crippen MR) is 162 cm³/mol. The van der Waals surface area contributed by atoms with Gasteiger partial charge in [0.1, 0.15) is 0 Å². The summed E-state index contributed by atoms with van der Waals surface area (Å²) >= 11 is 0. The molecule has 0 bridgehead atoms. The Balaban J connectivity index is 1.29. The summed E-state index contributed by atoms with van der Waals surface area (Å²) < 4.78 is 0. The van der Waals surface area contributed by atoms with Gasteiger partial charge in [0.05, 0.1) is 17.8 Å². The molecule has 1 aromatic heterocycles. The molecule has 5 aromatic rings.